The van der Waals surface area contributed by atoms with E-state index in [0.29, 0.717) is 144 Å². The van der Waals surface area contributed by atoms with E-state index >= 15 is 0 Å². The van der Waals surface area contributed by atoms with Gasteiger partial charge < -0.3 is 49.2 Å². The predicted molar refractivity (Wildman–Crippen MR) is 543 cm³/mol. The zero-order valence-electron chi connectivity index (χ0n) is 77.2. The van der Waals surface area contributed by atoms with Crippen molar-refractivity contribution in [2.45, 2.75) is 6.92 Å². The van der Waals surface area contributed by atoms with E-state index in [2.05, 4.69) is 74.8 Å². The van der Waals surface area contributed by atoms with E-state index in [0.717, 1.165) is 96.8 Å². The maximum Gasteiger partial charge on any atom is 0.167 e. The van der Waals surface area contributed by atoms with Crippen molar-refractivity contribution >= 4 is 18.9 Å². The minimum Gasteiger partial charge on any atom is -0.507 e. The molecule has 0 amide bonds. The molecule has 142 heavy (non-hydrogen) atoms. The average molecular weight is 1880 g/mol. The number of aromatic nitrogens is 15. The van der Waals surface area contributed by atoms with Crippen LogP contribution in [0, 0.1) is 6.92 Å². The van der Waals surface area contributed by atoms with Crippen molar-refractivity contribution in [3.63, 3.8) is 0 Å². The third kappa shape index (κ3) is 23.3. The van der Waals surface area contributed by atoms with Crippen LogP contribution >= 0.6 is 0 Å². The van der Waals surface area contributed by atoms with E-state index < -0.39 is 0 Å². The largest absolute Gasteiger partial charge is 0.507 e. The molecule has 0 aliphatic carbocycles. The van der Waals surface area contributed by atoms with Gasteiger partial charge in [-0.15, -0.1) is 0 Å². The molecule has 0 aliphatic rings. The lowest BCUT2D eigenvalue weighted by Gasteiger charge is -2.11. The van der Waals surface area contributed by atoms with E-state index in [1.807, 2.05) is 250 Å². The van der Waals surface area contributed by atoms with Crippen LogP contribution in [0.15, 0.2) is 370 Å². The Morgan fingerprint density at radius 2 is 0.408 bits per heavy atom. The van der Waals surface area contributed by atoms with Gasteiger partial charge in [0.25, 0.3) is 0 Å². The second-order valence-corrected chi connectivity index (χ2v) is 31.1. The fourth-order valence-corrected chi connectivity index (χ4v) is 14.4. The number of carbonyl (C=O) groups is 3. The SMILES string of the molecule is COc1ccc(-c2nc(-c3ccc(C=O)cc3)nc(-c3cccc(C)c3O)n2)cc1.COc1ccc(-c2nc(-c3ccc(C=O)cc3)nc(-c3ccccc3O)n2)cc1.COc1ccc(-c2nc(-c3ccccc3)nc(-c3ccc(C=O)cc3O)n2)cc1.COc1ccc(-c2nc(-c3ccccc3)nc(-c3ccccc3O)n2)cc1.COc1ccccc1-c1nc(-c2ccccc2)nc(-c2ccccc2O)n1. The Kier molecular flexibility index (Phi) is 30.7. The Bertz CT molecular complexity index is 7760. The molecule has 15 aromatic carbocycles. The molecule has 20 rings (SSSR count). The Morgan fingerprint density at radius 3 is 0.683 bits per heavy atom. The second kappa shape index (κ2) is 45.6. The summed E-state index contributed by atoms with van der Waals surface area (Å²) in [5.41, 5.74) is 12.8. The van der Waals surface area contributed by atoms with Crippen LogP contribution in [-0.4, -0.2) is 155 Å². The summed E-state index contributed by atoms with van der Waals surface area (Å²) in [7, 11) is 8.06. The lowest BCUT2D eigenvalue weighted by Crippen LogP contribution is -2.01. The number of carbonyl (C=O) groups excluding carboxylic acids is 3. The summed E-state index contributed by atoms with van der Waals surface area (Å²) < 4.78 is 26.3. The lowest BCUT2D eigenvalue weighted by atomic mass is 10.1. The molecular weight excluding hydrogens is 1790 g/mol. The number of ether oxygens (including phenoxy) is 5. The molecule has 0 aliphatic heterocycles. The molecule has 28 heteroatoms. The molecule has 696 valence electrons. The van der Waals surface area contributed by atoms with E-state index in [1.54, 1.807) is 157 Å². The number of para-hydroxylation sites is 5. The summed E-state index contributed by atoms with van der Waals surface area (Å²) in [5.74, 6) is 10.8. The zero-order chi connectivity index (χ0) is 98.8. The van der Waals surface area contributed by atoms with Gasteiger partial charge in [-0.2, -0.15) is 0 Å². The number of phenols is 5. The maximum atomic E-state index is 11.0. The summed E-state index contributed by atoms with van der Waals surface area (Å²) in [5, 5.41) is 51.7. The maximum absolute atomic E-state index is 11.0. The Hall–Kier alpha value is -19.6. The Morgan fingerprint density at radius 1 is 0.190 bits per heavy atom. The molecule has 0 radical (unpaired) electrons. The third-order valence-electron chi connectivity index (χ3n) is 21.9. The molecule has 0 bridgehead atoms. The van der Waals surface area contributed by atoms with Crippen LogP contribution in [0.1, 0.15) is 36.6 Å². The van der Waals surface area contributed by atoms with E-state index in [9.17, 15) is 39.9 Å². The highest BCUT2D eigenvalue weighted by atomic mass is 16.5. The monoisotopic (exact) mass is 1870 g/mol. The molecule has 5 aromatic heterocycles. The number of hydrogen-bond acceptors (Lipinski definition) is 28. The summed E-state index contributed by atoms with van der Waals surface area (Å²) in [6, 6.07) is 111. The second-order valence-electron chi connectivity index (χ2n) is 31.1. The molecule has 28 nitrogen and oxygen atoms in total. The third-order valence-corrected chi connectivity index (χ3v) is 21.9. The smallest absolute Gasteiger partial charge is 0.167 e. The summed E-state index contributed by atoms with van der Waals surface area (Å²) in [6.07, 6.45) is 2.25. The Balaban J connectivity index is 0.000000128. The number of aryl methyl sites for hydroxylation is 1. The zero-order valence-corrected chi connectivity index (χ0v) is 77.2. The van der Waals surface area contributed by atoms with Gasteiger partial charge >= 0.3 is 0 Å². The highest BCUT2D eigenvalue weighted by Crippen LogP contribution is 2.39. The van der Waals surface area contributed by atoms with Gasteiger partial charge in [0.05, 0.1) is 68.9 Å². The summed E-state index contributed by atoms with van der Waals surface area (Å²) >= 11 is 0. The number of methoxy groups -OCH3 is 5. The van der Waals surface area contributed by atoms with Gasteiger partial charge in [0.1, 0.15) is 76.4 Å². The number of benzene rings is 15. The van der Waals surface area contributed by atoms with Crippen molar-refractivity contribution in [1.29, 1.82) is 0 Å². The number of aldehydes is 3. The molecule has 0 unspecified atom stereocenters. The highest BCUT2D eigenvalue weighted by Gasteiger charge is 2.23. The topological polar surface area (TPSA) is 392 Å². The van der Waals surface area contributed by atoms with Crippen LogP contribution in [-0.2, 0) is 0 Å². The van der Waals surface area contributed by atoms with Crippen LogP contribution in [0.4, 0.5) is 0 Å². The average Bonchev–Trinajstić information content (AvgIpc) is 0.806. The quantitative estimate of drug-likeness (QED) is 0.0371. The number of nitrogens with zero attached hydrogens (tertiary/aromatic N) is 15. The van der Waals surface area contributed by atoms with Gasteiger partial charge in [-0.3, -0.25) is 14.4 Å². The number of phenolic OH excluding ortho intramolecular Hbond substituents is 5. The van der Waals surface area contributed by atoms with E-state index in [-0.39, 0.29) is 28.7 Å². The van der Waals surface area contributed by atoms with Crippen molar-refractivity contribution < 1.29 is 63.6 Å². The van der Waals surface area contributed by atoms with Gasteiger partial charge in [-0.05, 0) is 176 Å². The lowest BCUT2D eigenvalue weighted by molar-refractivity contribution is 0.111. The van der Waals surface area contributed by atoms with E-state index in [1.165, 1.54) is 6.07 Å². The van der Waals surface area contributed by atoms with Crippen LogP contribution in [0.5, 0.6) is 57.5 Å². The molecule has 0 atom stereocenters. The highest BCUT2D eigenvalue weighted by molar-refractivity contribution is 5.82. The first-order chi connectivity index (χ1) is 69.4. The number of rotatable bonds is 23. The van der Waals surface area contributed by atoms with Crippen LogP contribution in [0.3, 0.4) is 0 Å². The van der Waals surface area contributed by atoms with Crippen molar-refractivity contribution in [3.05, 3.63) is 392 Å². The van der Waals surface area contributed by atoms with Crippen LogP contribution in [0.2, 0.25) is 0 Å². The molecular formula is C114H87N15O13. The molecule has 0 saturated heterocycles. The fourth-order valence-electron chi connectivity index (χ4n) is 14.4. The molecule has 0 fully saturated rings. The number of aromatic hydroxyl groups is 5. The predicted octanol–water partition coefficient (Wildman–Crippen LogP) is 22.7. The molecule has 5 heterocycles. The van der Waals surface area contributed by atoms with Crippen molar-refractivity contribution in [3.8, 4) is 228 Å². The minimum absolute atomic E-state index is 0.0690. The molecule has 0 spiro atoms. The van der Waals surface area contributed by atoms with Gasteiger partial charge in [-0.1, -0.05) is 206 Å². The fraction of sp³-hybridized carbons (Fsp3) is 0.0526. The van der Waals surface area contributed by atoms with Gasteiger partial charge in [0, 0.05) is 66.8 Å². The first kappa shape index (κ1) is 95.5. The van der Waals surface area contributed by atoms with Gasteiger partial charge in [0.15, 0.2) is 87.4 Å². The van der Waals surface area contributed by atoms with E-state index in [4.69, 9.17) is 23.7 Å². The normalized spacial score (nSPS) is 10.5. The van der Waals surface area contributed by atoms with Crippen LogP contribution in [0.25, 0.3) is 171 Å². The molecule has 20 aromatic rings. The number of hydrogen-bond donors (Lipinski definition) is 5. The first-order valence-corrected chi connectivity index (χ1v) is 44.2. The van der Waals surface area contributed by atoms with Gasteiger partial charge in [-0.25, -0.2) is 74.8 Å². The van der Waals surface area contributed by atoms with Crippen LogP contribution < -0.4 is 23.7 Å². The summed E-state index contributed by atoms with van der Waals surface area (Å²) in [6.45, 7) is 1.82. The minimum atomic E-state index is -0.0690. The van der Waals surface area contributed by atoms with Gasteiger partial charge in [0.2, 0.25) is 0 Å². The van der Waals surface area contributed by atoms with Crippen molar-refractivity contribution in [2.24, 2.45) is 0 Å². The molecule has 0 saturated carbocycles. The summed E-state index contributed by atoms with van der Waals surface area (Å²) in [4.78, 5) is 102. The van der Waals surface area contributed by atoms with Crippen molar-refractivity contribution in [1.82, 2.24) is 74.8 Å². The first-order valence-electron chi connectivity index (χ1n) is 44.2. The standard InChI is InChI=1S/C24H19N3O3.2C23H17N3O3.2C22H17N3O2/c1-15-4-3-5-20(21(15)29)24-26-22(17-8-6-16(14-28)7-9-17)25-23(27-24)18-10-12-19(30-2)13-11-18;1-29-18-12-10-17(11-13-18)22-24-21(16-8-6-15(14-27)7-9-16)25-23(26-22)19-4-2-3-5-20(19)28;1-29-18-10-8-17(9-11-18)22-24-21(16-5-3-2-4-6-16)25-23(26-22)19-12-7-15(14-27)13-20(19)28;1-27-19-14-8-6-12-17(19)22-24-20(15-9-3-2-4-10-15)23-21(25-22)16-11-5-7-13-18(16)26;1-27-17-13-11-16(12-14-17)21-23-20(15-7-3-2-4-8-15)24-22(25-21)18-9-5-6-10-19(18)26/h3-14,29H,1-2H3;2*2-14,28H,1H3;2*2-14,26H,1H3. The Labute approximate surface area is 815 Å². The van der Waals surface area contributed by atoms with Crippen molar-refractivity contribution in [2.75, 3.05) is 35.5 Å². The molecule has 5 N–H and O–H groups in total.